The first kappa shape index (κ1) is 18.4. The van der Waals surface area contributed by atoms with Gasteiger partial charge in [-0.25, -0.2) is 4.79 Å². The molecule has 1 heterocycles. The lowest BCUT2D eigenvalue weighted by atomic mass is 9.96. The standard InChI is InChI=1S/C17H22N6O2S/c1-12(15(24)19-16(25)18-13-8-4-2-5-9-13)26-17-20-21-22-23(17)14-10-6-3-7-11-14/h3,6-7,10-13H,2,4-5,8-9H2,1H3,(H2,18,19,24,25)/t12-/m0/s1. The number of nitrogens with one attached hydrogen (secondary N) is 2. The van der Waals surface area contributed by atoms with Gasteiger partial charge in [-0.2, -0.15) is 4.68 Å². The number of imide groups is 1. The van der Waals surface area contributed by atoms with E-state index in [9.17, 15) is 9.59 Å². The van der Waals surface area contributed by atoms with Crippen molar-refractivity contribution in [3.8, 4) is 5.69 Å². The fraction of sp³-hybridized carbons (Fsp3) is 0.471. The second-order valence-corrected chi connectivity index (χ2v) is 7.57. The van der Waals surface area contributed by atoms with Gasteiger partial charge >= 0.3 is 6.03 Å². The summed E-state index contributed by atoms with van der Waals surface area (Å²) in [5.41, 5.74) is 0.808. The van der Waals surface area contributed by atoms with Gasteiger partial charge in [0.15, 0.2) is 0 Å². The van der Waals surface area contributed by atoms with Gasteiger partial charge in [0, 0.05) is 6.04 Å². The molecule has 0 saturated heterocycles. The number of thioether (sulfide) groups is 1. The molecule has 1 aliphatic rings. The summed E-state index contributed by atoms with van der Waals surface area (Å²) in [5, 5.41) is 16.9. The van der Waals surface area contributed by atoms with Gasteiger partial charge in [-0.1, -0.05) is 49.2 Å². The summed E-state index contributed by atoms with van der Waals surface area (Å²) >= 11 is 1.20. The Labute approximate surface area is 156 Å². The van der Waals surface area contributed by atoms with E-state index in [1.807, 2.05) is 30.3 Å². The number of rotatable bonds is 5. The molecule has 9 heteroatoms. The van der Waals surface area contributed by atoms with Crippen molar-refractivity contribution in [3.05, 3.63) is 30.3 Å². The Bertz CT molecular complexity index is 745. The van der Waals surface area contributed by atoms with Crippen molar-refractivity contribution >= 4 is 23.7 Å². The van der Waals surface area contributed by atoms with Crippen LogP contribution in [0.5, 0.6) is 0 Å². The Balaban J connectivity index is 1.55. The molecule has 0 unspecified atom stereocenters. The predicted octanol–water partition coefficient (Wildman–Crippen LogP) is 2.30. The van der Waals surface area contributed by atoms with Crippen LogP contribution in [0.3, 0.4) is 0 Å². The molecule has 138 valence electrons. The summed E-state index contributed by atoms with van der Waals surface area (Å²) in [6.07, 6.45) is 5.39. The summed E-state index contributed by atoms with van der Waals surface area (Å²) < 4.78 is 1.57. The van der Waals surface area contributed by atoms with Crippen molar-refractivity contribution in [2.24, 2.45) is 0 Å². The number of para-hydroxylation sites is 1. The molecule has 1 aliphatic carbocycles. The van der Waals surface area contributed by atoms with E-state index in [2.05, 4.69) is 26.2 Å². The average molecular weight is 374 g/mol. The number of aromatic nitrogens is 4. The van der Waals surface area contributed by atoms with Crippen molar-refractivity contribution in [3.63, 3.8) is 0 Å². The molecule has 3 amide bonds. The zero-order chi connectivity index (χ0) is 18.4. The highest BCUT2D eigenvalue weighted by atomic mass is 32.2. The molecule has 3 rings (SSSR count). The molecule has 1 atom stereocenters. The van der Waals surface area contributed by atoms with Crippen LogP contribution in [0.2, 0.25) is 0 Å². The summed E-state index contributed by atoms with van der Waals surface area (Å²) in [4.78, 5) is 24.3. The topological polar surface area (TPSA) is 102 Å². The minimum Gasteiger partial charge on any atom is -0.335 e. The molecule has 0 spiro atoms. The van der Waals surface area contributed by atoms with E-state index in [4.69, 9.17) is 0 Å². The fourth-order valence-electron chi connectivity index (χ4n) is 2.88. The second kappa shape index (κ2) is 8.79. The maximum atomic E-state index is 12.3. The number of carbonyl (C=O) groups is 2. The van der Waals surface area contributed by atoms with Crippen LogP contribution in [-0.2, 0) is 4.79 Å². The molecule has 0 bridgehead atoms. The highest BCUT2D eigenvalue weighted by molar-refractivity contribution is 8.00. The van der Waals surface area contributed by atoms with E-state index < -0.39 is 11.3 Å². The molecule has 0 radical (unpaired) electrons. The summed E-state index contributed by atoms with van der Waals surface area (Å²) in [7, 11) is 0. The Hall–Kier alpha value is -2.42. The number of urea groups is 1. The van der Waals surface area contributed by atoms with Gasteiger partial charge in [-0.15, -0.1) is 5.10 Å². The number of hydrogen-bond donors (Lipinski definition) is 2. The molecule has 1 aromatic carbocycles. The highest BCUT2D eigenvalue weighted by Gasteiger charge is 2.22. The lowest BCUT2D eigenvalue weighted by Crippen LogP contribution is -2.47. The van der Waals surface area contributed by atoms with Crippen molar-refractivity contribution in [1.82, 2.24) is 30.8 Å². The Morgan fingerprint density at radius 3 is 2.65 bits per heavy atom. The van der Waals surface area contributed by atoms with Crippen LogP contribution in [0, 0.1) is 0 Å². The first-order chi connectivity index (χ1) is 12.6. The van der Waals surface area contributed by atoms with Crippen molar-refractivity contribution in [2.45, 2.75) is 55.5 Å². The molecular formula is C17H22N6O2S. The molecule has 1 saturated carbocycles. The molecule has 2 aromatic rings. The minimum absolute atomic E-state index is 0.157. The smallest absolute Gasteiger partial charge is 0.321 e. The summed E-state index contributed by atoms with van der Waals surface area (Å²) in [6.45, 7) is 1.72. The van der Waals surface area contributed by atoms with Crippen LogP contribution >= 0.6 is 11.8 Å². The van der Waals surface area contributed by atoms with Crippen molar-refractivity contribution in [1.29, 1.82) is 0 Å². The largest absolute Gasteiger partial charge is 0.335 e. The van der Waals surface area contributed by atoms with Crippen LogP contribution in [0.25, 0.3) is 5.69 Å². The molecular weight excluding hydrogens is 352 g/mol. The van der Waals surface area contributed by atoms with Crippen LogP contribution in [0.1, 0.15) is 39.0 Å². The monoisotopic (exact) mass is 374 g/mol. The number of benzene rings is 1. The van der Waals surface area contributed by atoms with Gasteiger partial charge in [0.05, 0.1) is 10.9 Å². The van der Waals surface area contributed by atoms with Crippen LogP contribution in [0.15, 0.2) is 35.5 Å². The van der Waals surface area contributed by atoms with Crippen LogP contribution in [-0.4, -0.2) is 43.4 Å². The maximum absolute atomic E-state index is 12.3. The fourth-order valence-corrected chi connectivity index (χ4v) is 3.68. The normalized spacial score (nSPS) is 16.0. The zero-order valence-corrected chi connectivity index (χ0v) is 15.4. The molecule has 1 fully saturated rings. The Kier molecular flexibility index (Phi) is 6.21. The zero-order valence-electron chi connectivity index (χ0n) is 14.6. The molecule has 0 aliphatic heterocycles. The first-order valence-corrected chi connectivity index (χ1v) is 9.63. The van der Waals surface area contributed by atoms with Gasteiger partial charge in [-0.3, -0.25) is 10.1 Å². The summed E-state index contributed by atoms with van der Waals surface area (Å²) in [6, 6.07) is 9.16. The molecule has 26 heavy (non-hydrogen) atoms. The minimum atomic E-state index is -0.513. The van der Waals surface area contributed by atoms with Gasteiger partial charge in [0.1, 0.15) is 0 Å². The lowest BCUT2D eigenvalue weighted by Gasteiger charge is -2.22. The summed E-state index contributed by atoms with van der Waals surface area (Å²) in [5.74, 6) is -0.370. The first-order valence-electron chi connectivity index (χ1n) is 8.75. The van der Waals surface area contributed by atoms with Crippen molar-refractivity contribution in [2.75, 3.05) is 0 Å². The number of amides is 3. The van der Waals surface area contributed by atoms with E-state index in [-0.39, 0.29) is 11.9 Å². The number of tetrazole rings is 1. The third-order valence-electron chi connectivity index (χ3n) is 4.27. The second-order valence-electron chi connectivity index (χ2n) is 6.27. The van der Waals surface area contributed by atoms with Crippen molar-refractivity contribution < 1.29 is 9.59 Å². The van der Waals surface area contributed by atoms with E-state index in [1.165, 1.54) is 18.2 Å². The Morgan fingerprint density at radius 2 is 1.92 bits per heavy atom. The van der Waals surface area contributed by atoms with E-state index in [1.54, 1.807) is 11.6 Å². The predicted molar refractivity (Wildman–Crippen MR) is 98.0 cm³/mol. The maximum Gasteiger partial charge on any atom is 0.321 e. The Morgan fingerprint density at radius 1 is 1.19 bits per heavy atom. The molecule has 1 aromatic heterocycles. The third kappa shape index (κ3) is 4.81. The van der Waals surface area contributed by atoms with Crippen LogP contribution in [0.4, 0.5) is 4.79 Å². The van der Waals surface area contributed by atoms with Gasteiger partial charge in [-0.05, 0) is 42.3 Å². The quantitative estimate of drug-likeness (QED) is 0.779. The highest BCUT2D eigenvalue weighted by Crippen LogP contribution is 2.23. The van der Waals surface area contributed by atoms with E-state index in [0.29, 0.717) is 5.16 Å². The number of carbonyl (C=O) groups excluding carboxylic acids is 2. The number of nitrogens with zero attached hydrogens (tertiary/aromatic N) is 4. The van der Waals surface area contributed by atoms with Gasteiger partial charge < -0.3 is 5.32 Å². The van der Waals surface area contributed by atoms with Gasteiger partial charge in [0.25, 0.3) is 0 Å². The molecule has 2 N–H and O–H groups in total. The van der Waals surface area contributed by atoms with Crippen LogP contribution < -0.4 is 10.6 Å². The SMILES string of the molecule is C[C@H](Sc1nnnn1-c1ccccc1)C(=O)NC(=O)NC1CCCCC1. The average Bonchev–Trinajstić information content (AvgIpc) is 3.11. The molecule has 8 nitrogen and oxygen atoms in total. The third-order valence-corrected chi connectivity index (χ3v) is 5.30. The number of hydrogen-bond acceptors (Lipinski definition) is 6. The van der Waals surface area contributed by atoms with E-state index in [0.717, 1.165) is 31.4 Å². The van der Waals surface area contributed by atoms with Gasteiger partial charge in [0.2, 0.25) is 11.1 Å². The lowest BCUT2D eigenvalue weighted by molar-refractivity contribution is -0.119. The van der Waals surface area contributed by atoms with E-state index >= 15 is 0 Å².